The first-order valence-corrected chi connectivity index (χ1v) is 13.8. The van der Waals surface area contributed by atoms with Crippen molar-refractivity contribution in [2.75, 3.05) is 30.8 Å². The molecule has 1 atom stereocenters. The topological polar surface area (TPSA) is 113 Å². The molecule has 0 radical (unpaired) electrons. The fourth-order valence-corrected chi connectivity index (χ4v) is 5.23. The summed E-state index contributed by atoms with van der Waals surface area (Å²) < 4.78 is 45.9. The zero-order chi connectivity index (χ0) is 30.2. The molecule has 1 unspecified atom stereocenters. The molecule has 0 saturated carbocycles. The lowest BCUT2D eigenvalue weighted by Crippen LogP contribution is -2.52. The average molecular weight is 582 g/mol. The summed E-state index contributed by atoms with van der Waals surface area (Å²) in [7, 11) is 1.92. The van der Waals surface area contributed by atoms with E-state index in [2.05, 4.69) is 35.6 Å². The number of benzene rings is 2. The Morgan fingerprint density at radius 3 is 2.50 bits per heavy atom. The summed E-state index contributed by atoms with van der Waals surface area (Å²) in [6.45, 7) is 8.42. The van der Waals surface area contributed by atoms with Crippen molar-refractivity contribution < 1.29 is 17.9 Å². The SMILES string of the molecule is CN(c1nc(Oc2cccc3[nH]c(=O)c(N)nc23)cc(-c2ccc(C(F)(F)F)cc2)n1)C1CCCCN1CC(C)(C)C. The molecule has 3 heterocycles. The Kier molecular flexibility index (Phi) is 7.84. The van der Waals surface area contributed by atoms with Gasteiger partial charge in [-0.3, -0.25) is 9.69 Å². The van der Waals surface area contributed by atoms with Crippen LogP contribution in [0.1, 0.15) is 45.6 Å². The minimum Gasteiger partial charge on any atom is -0.436 e. The summed E-state index contributed by atoms with van der Waals surface area (Å²) in [5, 5.41) is 0. The number of anilines is 2. The van der Waals surface area contributed by atoms with Crippen molar-refractivity contribution >= 4 is 22.8 Å². The smallest absolute Gasteiger partial charge is 0.416 e. The van der Waals surface area contributed by atoms with Crippen LogP contribution in [0.2, 0.25) is 0 Å². The molecular formula is C30H34F3N7O2. The number of hydrogen-bond acceptors (Lipinski definition) is 8. The molecule has 42 heavy (non-hydrogen) atoms. The van der Waals surface area contributed by atoms with Crippen molar-refractivity contribution in [1.29, 1.82) is 0 Å². The molecule has 9 nitrogen and oxygen atoms in total. The number of ether oxygens (including phenoxy) is 1. The third-order valence-electron chi connectivity index (χ3n) is 7.14. The molecule has 4 aromatic rings. The van der Waals surface area contributed by atoms with Crippen LogP contribution in [-0.4, -0.2) is 51.1 Å². The Bertz CT molecular complexity index is 1630. The highest BCUT2D eigenvalue weighted by molar-refractivity contribution is 5.82. The van der Waals surface area contributed by atoms with Gasteiger partial charge in [0.1, 0.15) is 5.52 Å². The number of nitrogens with zero attached hydrogens (tertiary/aromatic N) is 5. The first kappa shape index (κ1) is 29.3. The number of likely N-dealkylation sites (tertiary alicyclic amines) is 1. The van der Waals surface area contributed by atoms with E-state index in [1.165, 1.54) is 12.1 Å². The number of fused-ring (bicyclic) bond motifs is 1. The van der Waals surface area contributed by atoms with E-state index in [1.807, 2.05) is 11.9 Å². The second-order valence-electron chi connectivity index (χ2n) is 11.8. The van der Waals surface area contributed by atoms with Crippen LogP contribution in [0, 0.1) is 5.41 Å². The second-order valence-corrected chi connectivity index (χ2v) is 11.8. The zero-order valence-corrected chi connectivity index (χ0v) is 24.0. The molecule has 3 N–H and O–H groups in total. The Morgan fingerprint density at radius 1 is 1.07 bits per heavy atom. The van der Waals surface area contributed by atoms with E-state index < -0.39 is 17.3 Å². The van der Waals surface area contributed by atoms with Gasteiger partial charge in [0.05, 0.1) is 22.9 Å². The van der Waals surface area contributed by atoms with Gasteiger partial charge in [0, 0.05) is 31.8 Å². The lowest BCUT2D eigenvalue weighted by atomic mass is 9.94. The second kappa shape index (κ2) is 11.2. The van der Waals surface area contributed by atoms with Gasteiger partial charge in [0.2, 0.25) is 11.8 Å². The maximum Gasteiger partial charge on any atom is 0.416 e. The normalized spacial score (nSPS) is 16.5. The molecule has 1 aliphatic heterocycles. The molecule has 12 heteroatoms. The lowest BCUT2D eigenvalue weighted by molar-refractivity contribution is -0.137. The Morgan fingerprint density at radius 2 is 1.81 bits per heavy atom. The van der Waals surface area contributed by atoms with E-state index in [-0.39, 0.29) is 23.3 Å². The molecule has 2 aromatic heterocycles. The number of nitrogen functional groups attached to an aromatic ring is 1. The van der Waals surface area contributed by atoms with E-state index in [0.717, 1.165) is 44.5 Å². The van der Waals surface area contributed by atoms with Gasteiger partial charge in [0.15, 0.2) is 11.6 Å². The van der Waals surface area contributed by atoms with Crippen molar-refractivity contribution in [3.05, 3.63) is 64.4 Å². The van der Waals surface area contributed by atoms with Gasteiger partial charge >= 0.3 is 6.18 Å². The number of piperidine rings is 1. The summed E-state index contributed by atoms with van der Waals surface area (Å²) in [6, 6.07) is 11.4. The molecule has 0 aliphatic carbocycles. The minimum atomic E-state index is -4.45. The quantitative estimate of drug-likeness (QED) is 0.282. The summed E-state index contributed by atoms with van der Waals surface area (Å²) in [5.74, 6) is 0.629. The number of rotatable bonds is 6. The molecule has 1 fully saturated rings. The van der Waals surface area contributed by atoms with Gasteiger partial charge < -0.3 is 20.4 Å². The molecule has 2 aromatic carbocycles. The maximum absolute atomic E-state index is 13.2. The van der Waals surface area contributed by atoms with Gasteiger partial charge in [-0.25, -0.2) is 9.97 Å². The summed E-state index contributed by atoms with van der Waals surface area (Å²) in [6.07, 6.45) is -1.36. The third-order valence-corrected chi connectivity index (χ3v) is 7.14. The van der Waals surface area contributed by atoms with E-state index in [9.17, 15) is 18.0 Å². The van der Waals surface area contributed by atoms with Crippen LogP contribution in [0.25, 0.3) is 22.3 Å². The summed E-state index contributed by atoms with van der Waals surface area (Å²) >= 11 is 0. The van der Waals surface area contributed by atoms with Crippen LogP contribution in [-0.2, 0) is 6.18 Å². The van der Waals surface area contributed by atoms with Gasteiger partial charge in [-0.1, -0.05) is 39.0 Å². The maximum atomic E-state index is 13.2. The number of nitrogens with two attached hydrogens (primary N) is 1. The van der Waals surface area contributed by atoms with Crippen molar-refractivity contribution in [3.8, 4) is 22.9 Å². The number of halogens is 3. The predicted molar refractivity (Wildman–Crippen MR) is 156 cm³/mol. The Labute approximate surface area is 241 Å². The van der Waals surface area contributed by atoms with E-state index in [0.29, 0.717) is 34.0 Å². The van der Waals surface area contributed by atoms with Gasteiger partial charge in [0.25, 0.3) is 5.56 Å². The van der Waals surface area contributed by atoms with E-state index >= 15 is 0 Å². The molecular weight excluding hydrogens is 547 g/mol. The highest BCUT2D eigenvalue weighted by Crippen LogP contribution is 2.34. The standard InChI is InChI=1S/C30H34F3N7O2/c1-29(2,3)17-40-15-6-5-10-24(40)39(4)28-36-21(18-11-13-19(14-12-18)30(31,32)33)16-23(37-28)42-22-9-7-8-20-25(22)38-26(34)27(41)35-20/h7-9,11-14,16,24H,5-6,10,15,17H2,1-4H3,(H2,34,38)(H,35,41). The number of aromatic nitrogens is 4. The Hall–Kier alpha value is -4.19. The largest absolute Gasteiger partial charge is 0.436 e. The van der Waals surface area contributed by atoms with Crippen molar-refractivity contribution in [2.45, 2.75) is 52.4 Å². The number of nitrogens with one attached hydrogen (secondary N) is 1. The molecule has 1 aliphatic rings. The molecule has 0 amide bonds. The van der Waals surface area contributed by atoms with E-state index in [4.69, 9.17) is 20.4 Å². The summed E-state index contributed by atoms with van der Waals surface area (Å²) in [5.41, 5.74) is 6.23. The number of alkyl halides is 3. The van der Waals surface area contributed by atoms with Crippen LogP contribution in [0.15, 0.2) is 53.3 Å². The first-order valence-electron chi connectivity index (χ1n) is 13.8. The van der Waals surface area contributed by atoms with Crippen molar-refractivity contribution in [1.82, 2.24) is 24.8 Å². The van der Waals surface area contributed by atoms with Crippen LogP contribution >= 0.6 is 0 Å². The number of H-pyrrole nitrogens is 1. The third kappa shape index (κ3) is 6.48. The highest BCUT2D eigenvalue weighted by Gasteiger charge is 2.32. The van der Waals surface area contributed by atoms with Gasteiger partial charge in [-0.05, 0) is 48.9 Å². The van der Waals surface area contributed by atoms with Crippen molar-refractivity contribution in [3.63, 3.8) is 0 Å². The van der Waals surface area contributed by atoms with Crippen LogP contribution in [0.5, 0.6) is 11.6 Å². The molecule has 0 spiro atoms. The molecule has 0 bridgehead atoms. The van der Waals surface area contributed by atoms with Crippen LogP contribution < -0.4 is 20.9 Å². The van der Waals surface area contributed by atoms with Crippen molar-refractivity contribution in [2.24, 2.45) is 5.41 Å². The lowest BCUT2D eigenvalue weighted by Gasteiger charge is -2.43. The average Bonchev–Trinajstić information content (AvgIpc) is 2.92. The predicted octanol–water partition coefficient (Wildman–Crippen LogP) is 6.07. The van der Waals surface area contributed by atoms with E-state index in [1.54, 1.807) is 24.3 Å². The van der Waals surface area contributed by atoms with Gasteiger partial charge in [-0.15, -0.1) is 0 Å². The first-order chi connectivity index (χ1) is 19.8. The highest BCUT2D eigenvalue weighted by atomic mass is 19.4. The number of para-hydroxylation sites is 1. The monoisotopic (exact) mass is 581 g/mol. The fraction of sp³-hybridized carbons (Fsp3) is 0.400. The Balaban J connectivity index is 1.58. The molecule has 222 valence electrons. The zero-order valence-electron chi connectivity index (χ0n) is 24.0. The minimum absolute atomic E-state index is 0.0257. The number of hydrogen-bond donors (Lipinski definition) is 2. The van der Waals surface area contributed by atoms with Crippen LogP contribution in [0.3, 0.4) is 0 Å². The van der Waals surface area contributed by atoms with Crippen LogP contribution in [0.4, 0.5) is 24.9 Å². The fourth-order valence-electron chi connectivity index (χ4n) is 5.23. The molecule has 1 saturated heterocycles. The molecule has 5 rings (SSSR count). The summed E-state index contributed by atoms with van der Waals surface area (Å²) in [4.78, 5) is 32.8. The van der Waals surface area contributed by atoms with Gasteiger partial charge in [-0.2, -0.15) is 18.2 Å². The number of aromatic amines is 1.